The molecule has 1 unspecified atom stereocenters. The van der Waals surface area contributed by atoms with Gasteiger partial charge in [-0.2, -0.15) is 11.8 Å². The fourth-order valence-corrected chi connectivity index (χ4v) is 2.20. The normalized spacial score (nSPS) is 12.8. The highest BCUT2D eigenvalue weighted by molar-refractivity contribution is 9.10. The van der Waals surface area contributed by atoms with Crippen LogP contribution >= 0.6 is 27.7 Å². The van der Waals surface area contributed by atoms with Gasteiger partial charge in [-0.1, -0.05) is 0 Å². The van der Waals surface area contributed by atoms with Crippen molar-refractivity contribution in [1.29, 1.82) is 0 Å². The first kappa shape index (κ1) is 12.0. The second-order valence-electron chi connectivity index (χ2n) is 2.86. The Hall–Kier alpha value is -0.100. The van der Waals surface area contributed by atoms with Crippen LogP contribution in [0.3, 0.4) is 0 Å². The van der Waals surface area contributed by atoms with Gasteiger partial charge in [0.05, 0.1) is 12.7 Å². The summed E-state index contributed by atoms with van der Waals surface area (Å²) >= 11 is 4.91. The van der Waals surface area contributed by atoms with E-state index in [1.807, 2.05) is 6.07 Å². The van der Waals surface area contributed by atoms with Crippen LogP contribution in [0, 0.1) is 0 Å². The van der Waals surface area contributed by atoms with Crippen LogP contribution in [0.5, 0.6) is 0 Å². The first-order chi connectivity index (χ1) is 6.72. The zero-order valence-electron chi connectivity index (χ0n) is 7.56. The van der Waals surface area contributed by atoms with Crippen LogP contribution in [0.15, 0.2) is 22.9 Å². The molecule has 0 aliphatic rings. The number of hydrogen-bond acceptors (Lipinski definition) is 4. The quantitative estimate of drug-likeness (QED) is 0.855. The zero-order chi connectivity index (χ0) is 10.4. The maximum Gasteiger partial charge on any atom is 0.0861 e. The van der Waals surface area contributed by atoms with Gasteiger partial charge in [0.25, 0.3) is 0 Å². The van der Waals surface area contributed by atoms with Gasteiger partial charge in [-0.15, -0.1) is 0 Å². The Balaban J connectivity index is 2.31. The maximum absolute atomic E-state index is 9.09. The second kappa shape index (κ2) is 6.40. The summed E-state index contributed by atoms with van der Waals surface area (Å²) in [6.45, 7) is -0.177. The minimum atomic E-state index is -0.625. The smallest absolute Gasteiger partial charge is 0.0861 e. The van der Waals surface area contributed by atoms with Crippen LogP contribution in [0.1, 0.15) is 5.56 Å². The van der Waals surface area contributed by atoms with E-state index in [2.05, 4.69) is 20.9 Å². The molecule has 5 heteroatoms. The second-order valence-corrected chi connectivity index (χ2v) is 4.81. The highest BCUT2D eigenvalue weighted by Crippen LogP contribution is 2.16. The molecule has 78 valence electrons. The summed E-state index contributed by atoms with van der Waals surface area (Å²) < 4.78 is 0.957. The molecule has 14 heavy (non-hydrogen) atoms. The molecule has 0 aromatic carbocycles. The molecule has 0 amide bonds. The Morgan fingerprint density at radius 2 is 2.29 bits per heavy atom. The molecular formula is C9H12BrNO2S. The Bertz CT molecular complexity index is 285. The zero-order valence-corrected chi connectivity index (χ0v) is 9.96. The molecule has 0 bridgehead atoms. The summed E-state index contributed by atoms with van der Waals surface area (Å²) in [5, 5.41) is 17.7. The Morgan fingerprint density at radius 1 is 1.50 bits per heavy atom. The standard InChI is InChI=1S/C9H12BrNO2S/c10-8-1-7(2-11-3-8)5-14-6-9(13)4-12/h1-3,9,12-13H,4-6H2. The van der Waals surface area contributed by atoms with E-state index >= 15 is 0 Å². The lowest BCUT2D eigenvalue weighted by atomic mass is 10.3. The molecule has 2 N–H and O–H groups in total. The third kappa shape index (κ3) is 4.41. The van der Waals surface area contributed by atoms with Crippen LogP contribution in [-0.4, -0.2) is 33.7 Å². The largest absolute Gasteiger partial charge is 0.394 e. The molecule has 1 rings (SSSR count). The first-order valence-electron chi connectivity index (χ1n) is 4.18. The number of thioether (sulfide) groups is 1. The van der Waals surface area contributed by atoms with Crippen molar-refractivity contribution >= 4 is 27.7 Å². The SMILES string of the molecule is OCC(O)CSCc1cncc(Br)c1. The predicted molar refractivity (Wildman–Crippen MR) is 61.2 cm³/mol. The van der Waals surface area contributed by atoms with Crippen molar-refractivity contribution in [2.45, 2.75) is 11.9 Å². The summed E-state index contributed by atoms with van der Waals surface area (Å²) in [5.41, 5.74) is 1.11. The van der Waals surface area contributed by atoms with Crippen molar-refractivity contribution < 1.29 is 10.2 Å². The first-order valence-corrected chi connectivity index (χ1v) is 6.13. The molecule has 1 atom stereocenters. The van der Waals surface area contributed by atoms with E-state index in [0.717, 1.165) is 15.8 Å². The molecule has 3 nitrogen and oxygen atoms in total. The van der Waals surface area contributed by atoms with E-state index in [1.165, 1.54) is 0 Å². The topological polar surface area (TPSA) is 53.4 Å². The van der Waals surface area contributed by atoms with Gasteiger partial charge in [0.1, 0.15) is 0 Å². The van der Waals surface area contributed by atoms with Crippen molar-refractivity contribution in [3.8, 4) is 0 Å². The number of halogens is 1. The molecule has 0 saturated carbocycles. The average molecular weight is 278 g/mol. The van der Waals surface area contributed by atoms with Gasteiger partial charge in [0.15, 0.2) is 0 Å². The number of pyridine rings is 1. The molecule has 0 saturated heterocycles. The van der Waals surface area contributed by atoms with Gasteiger partial charge in [0.2, 0.25) is 0 Å². The minimum Gasteiger partial charge on any atom is -0.394 e. The summed E-state index contributed by atoms with van der Waals surface area (Å²) in [6, 6.07) is 1.99. The molecule has 0 fully saturated rings. The lowest BCUT2D eigenvalue weighted by Gasteiger charge is -2.06. The monoisotopic (exact) mass is 277 g/mol. The van der Waals surface area contributed by atoms with Crippen LogP contribution in [0.2, 0.25) is 0 Å². The number of nitrogens with zero attached hydrogens (tertiary/aromatic N) is 1. The van der Waals surface area contributed by atoms with Crippen molar-refractivity contribution in [1.82, 2.24) is 4.98 Å². The average Bonchev–Trinajstić information content (AvgIpc) is 2.17. The summed E-state index contributed by atoms with van der Waals surface area (Å²) in [7, 11) is 0. The fraction of sp³-hybridized carbons (Fsp3) is 0.444. The van der Waals surface area contributed by atoms with Crippen molar-refractivity contribution in [2.75, 3.05) is 12.4 Å². The number of aliphatic hydroxyl groups is 2. The third-order valence-electron chi connectivity index (χ3n) is 1.55. The lowest BCUT2D eigenvalue weighted by molar-refractivity contribution is 0.113. The van der Waals surface area contributed by atoms with E-state index in [4.69, 9.17) is 10.2 Å². The summed E-state index contributed by atoms with van der Waals surface area (Å²) in [5.74, 6) is 1.34. The maximum atomic E-state index is 9.09. The number of hydrogen-bond donors (Lipinski definition) is 2. The van der Waals surface area contributed by atoms with E-state index in [-0.39, 0.29) is 6.61 Å². The number of aromatic nitrogens is 1. The van der Waals surface area contributed by atoms with Crippen LogP contribution in [0.25, 0.3) is 0 Å². The van der Waals surface area contributed by atoms with Gasteiger partial charge in [-0.05, 0) is 27.6 Å². The van der Waals surface area contributed by atoms with Crippen molar-refractivity contribution in [2.24, 2.45) is 0 Å². The molecule has 0 aliphatic heterocycles. The third-order valence-corrected chi connectivity index (χ3v) is 3.14. The van der Waals surface area contributed by atoms with Crippen molar-refractivity contribution in [3.05, 3.63) is 28.5 Å². The van der Waals surface area contributed by atoms with Gasteiger partial charge in [-0.25, -0.2) is 0 Å². The summed E-state index contributed by atoms with van der Waals surface area (Å²) in [4.78, 5) is 4.03. The van der Waals surface area contributed by atoms with Crippen molar-refractivity contribution in [3.63, 3.8) is 0 Å². The molecule has 1 aromatic rings. The van der Waals surface area contributed by atoms with Gasteiger partial charge < -0.3 is 10.2 Å². The van der Waals surface area contributed by atoms with Gasteiger partial charge in [0, 0.05) is 28.4 Å². The minimum absolute atomic E-state index is 0.177. The molecule has 1 aromatic heterocycles. The van der Waals surface area contributed by atoms with Gasteiger partial charge in [-0.3, -0.25) is 4.98 Å². The molecular weight excluding hydrogens is 266 g/mol. The van der Waals surface area contributed by atoms with E-state index < -0.39 is 6.10 Å². The van der Waals surface area contributed by atoms with E-state index in [1.54, 1.807) is 24.2 Å². The van der Waals surface area contributed by atoms with Crippen LogP contribution in [0.4, 0.5) is 0 Å². The van der Waals surface area contributed by atoms with Crippen LogP contribution < -0.4 is 0 Å². The Kier molecular flexibility index (Phi) is 5.47. The van der Waals surface area contributed by atoms with Gasteiger partial charge >= 0.3 is 0 Å². The Labute approximate surface area is 95.7 Å². The number of aliphatic hydroxyl groups excluding tert-OH is 2. The predicted octanol–water partition coefficient (Wildman–Crippen LogP) is 1.43. The molecule has 0 aliphatic carbocycles. The van der Waals surface area contributed by atoms with E-state index in [0.29, 0.717) is 5.75 Å². The fourth-order valence-electron chi connectivity index (χ4n) is 0.900. The summed E-state index contributed by atoms with van der Waals surface area (Å²) in [6.07, 6.45) is 2.90. The highest BCUT2D eigenvalue weighted by Gasteiger charge is 2.02. The molecule has 1 heterocycles. The van der Waals surface area contributed by atoms with Crippen LogP contribution in [-0.2, 0) is 5.75 Å². The molecule has 0 spiro atoms. The van der Waals surface area contributed by atoms with E-state index in [9.17, 15) is 0 Å². The number of rotatable bonds is 5. The highest BCUT2D eigenvalue weighted by atomic mass is 79.9. The lowest BCUT2D eigenvalue weighted by Crippen LogP contribution is -2.14. The molecule has 0 radical (unpaired) electrons. The Morgan fingerprint density at radius 3 is 2.93 bits per heavy atom.